The average Bonchev–Trinajstić information content (AvgIpc) is 2.54. The van der Waals surface area contributed by atoms with E-state index in [1.807, 2.05) is 39.8 Å². The minimum Gasteiger partial charge on any atom is -0.442 e. The molecule has 1 fully saturated rings. The van der Waals surface area contributed by atoms with E-state index in [0.29, 0.717) is 11.6 Å². The van der Waals surface area contributed by atoms with E-state index in [2.05, 4.69) is 10.6 Å². The zero-order valence-corrected chi connectivity index (χ0v) is 15.7. The molecule has 1 aromatic carbocycles. The van der Waals surface area contributed by atoms with E-state index < -0.39 is 6.09 Å². The Hall–Kier alpha value is -2.04. The topological polar surface area (TPSA) is 67.4 Å². The lowest BCUT2D eigenvalue weighted by atomic mass is 9.95. The normalized spacial score (nSPS) is 16.8. The molecule has 1 aromatic rings. The highest BCUT2D eigenvalue weighted by Gasteiger charge is 2.19. The van der Waals surface area contributed by atoms with Crippen LogP contribution in [0.2, 0.25) is 0 Å². The first-order chi connectivity index (χ1) is 11.7. The molecule has 0 heterocycles. The van der Waals surface area contributed by atoms with Gasteiger partial charge < -0.3 is 15.4 Å². The van der Waals surface area contributed by atoms with Crippen LogP contribution < -0.4 is 10.6 Å². The molecule has 25 heavy (non-hydrogen) atoms. The Morgan fingerprint density at radius 1 is 1.08 bits per heavy atom. The fourth-order valence-corrected chi connectivity index (χ4v) is 2.99. The summed E-state index contributed by atoms with van der Waals surface area (Å²) in [5.41, 5.74) is 1.16. The van der Waals surface area contributed by atoms with E-state index in [-0.39, 0.29) is 17.6 Å². The van der Waals surface area contributed by atoms with Crippen molar-refractivity contribution in [3.8, 4) is 0 Å². The van der Waals surface area contributed by atoms with Crippen molar-refractivity contribution in [2.75, 3.05) is 0 Å². The van der Waals surface area contributed by atoms with E-state index in [1.54, 1.807) is 12.1 Å². The van der Waals surface area contributed by atoms with Gasteiger partial charge in [-0.2, -0.15) is 0 Å². The third-order valence-electron chi connectivity index (χ3n) is 4.34. The second-order valence-corrected chi connectivity index (χ2v) is 7.85. The summed E-state index contributed by atoms with van der Waals surface area (Å²) in [4.78, 5) is 24.2. The van der Waals surface area contributed by atoms with E-state index in [0.717, 1.165) is 18.4 Å². The van der Waals surface area contributed by atoms with Gasteiger partial charge in [0.05, 0.1) is 0 Å². The lowest BCUT2D eigenvalue weighted by molar-refractivity contribution is 0.0924. The molecule has 5 nitrogen and oxygen atoms in total. The van der Waals surface area contributed by atoms with Crippen LogP contribution in [0.25, 0.3) is 0 Å². The summed E-state index contributed by atoms with van der Waals surface area (Å²) >= 11 is 0. The predicted molar refractivity (Wildman–Crippen MR) is 98.6 cm³/mol. The van der Waals surface area contributed by atoms with Gasteiger partial charge in [0.2, 0.25) is 0 Å². The summed E-state index contributed by atoms with van der Waals surface area (Å²) in [5, 5.41) is 5.88. The lowest BCUT2D eigenvalue weighted by Crippen LogP contribution is -2.41. The number of carbonyl (C=O) groups is 2. The van der Waals surface area contributed by atoms with Gasteiger partial charge in [0.1, 0.15) is 6.10 Å². The van der Waals surface area contributed by atoms with Crippen LogP contribution in [0.15, 0.2) is 24.3 Å². The van der Waals surface area contributed by atoms with Crippen LogP contribution in [0.1, 0.15) is 81.8 Å². The Labute approximate surface area is 150 Å². The minimum atomic E-state index is -0.445. The van der Waals surface area contributed by atoms with Gasteiger partial charge in [-0.3, -0.25) is 4.79 Å². The second kappa shape index (κ2) is 8.37. The number of rotatable bonds is 4. The number of ether oxygens (including phenoxy) is 1. The zero-order valence-electron chi connectivity index (χ0n) is 15.7. The van der Waals surface area contributed by atoms with E-state index in [4.69, 9.17) is 4.74 Å². The Bertz CT molecular complexity index is 584. The van der Waals surface area contributed by atoms with Crippen LogP contribution in [-0.2, 0) is 4.74 Å². The fraction of sp³-hybridized carbons (Fsp3) is 0.600. The summed E-state index contributed by atoms with van der Waals surface area (Å²) in [7, 11) is 0. The highest BCUT2D eigenvalue weighted by Crippen LogP contribution is 2.20. The van der Waals surface area contributed by atoms with Crippen LogP contribution in [0.3, 0.4) is 0 Å². The molecule has 138 valence electrons. The van der Waals surface area contributed by atoms with E-state index in [9.17, 15) is 9.59 Å². The summed E-state index contributed by atoms with van der Waals surface area (Å²) < 4.78 is 5.38. The second-order valence-electron chi connectivity index (χ2n) is 7.85. The van der Waals surface area contributed by atoms with Crippen molar-refractivity contribution in [2.24, 2.45) is 0 Å². The Morgan fingerprint density at radius 2 is 1.68 bits per heavy atom. The molecular weight excluding hydrogens is 316 g/mol. The molecule has 0 saturated heterocycles. The zero-order chi connectivity index (χ0) is 18.4. The molecule has 5 heteroatoms. The average molecular weight is 346 g/mol. The number of hydrogen-bond donors (Lipinski definition) is 2. The maximum Gasteiger partial charge on any atom is 0.408 e. The molecule has 0 unspecified atom stereocenters. The van der Waals surface area contributed by atoms with E-state index >= 15 is 0 Å². The third kappa shape index (κ3) is 6.40. The van der Waals surface area contributed by atoms with Gasteiger partial charge in [-0.15, -0.1) is 0 Å². The third-order valence-corrected chi connectivity index (χ3v) is 4.34. The molecule has 0 aliphatic heterocycles. The standard InChI is InChI=1S/C20H30N2O3/c1-14(25-19(24)22-20(2,3)4)15-10-12-16(13-11-15)18(23)21-17-8-6-5-7-9-17/h10-14,17H,5-9H2,1-4H3,(H,21,23)(H,22,24)/t14-/m0/s1. The molecule has 0 radical (unpaired) electrons. The molecule has 1 aliphatic rings. The van der Waals surface area contributed by atoms with Gasteiger partial charge in [-0.25, -0.2) is 4.79 Å². The molecule has 2 amide bonds. The first-order valence-electron chi connectivity index (χ1n) is 9.14. The molecule has 1 atom stereocenters. The van der Waals surface area contributed by atoms with Gasteiger partial charge in [0, 0.05) is 17.1 Å². The van der Waals surface area contributed by atoms with E-state index in [1.165, 1.54) is 19.3 Å². The van der Waals surface area contributed by atoms with Gasteiger partial charge in [0.25, 0.3) is 5.91 Å². The summed E-state index contributed by atoms with van der Waals surface area (Å²) in [5.74, 6) is -0.0301. The van der Waals surface area contributed by atoms with Crippen LogP contribution in [0, 0.1) is 0 Å². The smallest absolute Gasteiger partial charge is 0.408 e. The Morgan fingerprint density at radius 3 is 2.24 bits per heavy atom. The van der Waals surface area contributed by atoms with Crippen molar-refractivity contribution in [2.45, 2.75) is 77.5 Å². The largest absolute Gasteiger partial charge is 0.442 e. The first-order valence-corrected chi connectivity index (χ1v) is 9.14. The minimum absolute atomic E-state index is 0.0301. The van der Waals surface area contributed by atoms with Crippen LogP contribution in [-0.4, -0.2) is 23.6 Å². The van der Waals surface area contributed by atoms with Gasteiger partial charge >= 0.3 is 6.09 Å². The monoisotopic (exact) mass is 346 g/mol. The highest BCUT2D eigenvalue weighted by atomic mass is 16.6. The highest BCUT2D eigenvalue weighted by molar-refractivity contribution is 5.94. The number of benzene rings is 1. The summed E-state index contributed by atoms with van der Waals surface area (Å²) in [6.07, 6.45) is 4.96. The molecule has 2 rings (SSSR count). The van der Waals surface area contributed by atoms with Crippen molar-refractivity contribution in [3.63, 3.8) is 0 Å². The van der Waals surface area contributed by atoms with Crippen molar-refractivity contribution >= 4 is 12.0 Å². The van der Waals surface area contributed by atoms with Crippen LogP contribution in [0.5, 0.6) is 0 Å². The lowest BCUT2D eigenvalue weighted by Gasteiger charge is -2.23. The van der Waals surface area contributed by atoms with Gasteiger partial charge in [-0.05, 0) is 58.2 Å². The first kappa shape index (κ1) is 19.3. The molecule has 0 spiro atoms. The number of nitrogens with one attached hydrogen (secondary N) is 2. The van der Waals surface area contributed by atoms with Crippen molar-refractivity contribution < 1.29 is 14.3 Å². The SMILES string of the molecule is C[C@H](OC(=O)NC(C)(C)C)c1ccc(C(=O)NC2CCCCC2)cc1. The van der Waals surface area contributed by atoms with Gasteiger partial charge in [-0.1, -0.05) is 31.4 Å². The van der Waals surface area contributed by atoms with Crippen molar-refractivity contribution in [1.29, 1.82) is 0 Å². The Balaban J connectivity index is 1.89. The number of hydrogen-bond acceptors (Lipinski definition) is 3. The molecule has 2 N–H and O–H groups in total. The number of carbonyl (C=O) groups excluding carboxylic acids is 2. The summed E-state index contributed by atoms with van der Waals surface area (Å²) in [6.45, 7) is 7.52. The number of amides is 2. The predicted octanol–water partition coefficient (Wildman–Crippen LogP) is 4.33. The maximum atomic E-state index is 12.3. The summed E-state index contributed by atoms with van der Waals surface area (Å²) in [6, 6.07) is 7.55. The van der Waals surface area contributed by atoms with Crippen LogP contribution in [0.4, 0.5) is 4.79 Å². The van der Waals surface area contributed by atoms with Crippen LogP contribution >= 0.6 is 0 Å². The fourth-order valence-electron chi connectivity index (χ4n) is 2.99. The molecule has 0 bridgehead atoms. The Kier molecular flexibility index (Phi) is 6.45. The molecule has 0 aromatic heterocycles. The maximum absolute atomic E-state index is 12.3. The van der Waals surface area contributed by atoms with Crippen molar-refractivity contribution in [3.05, 3.63) is 35.4 Å². The molecule has 1 saturated carbocycles. The van der Waals surface area contributed by atoms with Gasteiger partial charge in [0.15, 0.2) is 0 Å². The quantitative estimate of drug-likeness (QED) is 0.852. The molecular formula is C20H30N2O3. The number of alkyl carbamates (subject to hydrolysis) is 1. The van der Waals surface area contributed by atoms with Crippen molar-refractivity contribution in [1.82, 2.24) is 10.6 Å². The molecule has 1 aliphatic carbocycles.